The molecule has 3 N–H and O–H groups in total. The SMILES string of the molecule is CN=C(NCc1cc2ccccc2[nH]1)NCC1(C)CCCO1. The molecule has 0 amide bonds. The number of benzene rings is 1. The highest BCUT2D eigenvalue weighted by Gasteiger charge is 2.29. The van der Waals surface area contributed by atoms with Gasteiger partial charge in [-0.3, -0.25) is 4.99 Å². The summed E-state index contributed by atoms with van der Waals surface area (Å²) < 4.78 is 5.79. The van der Waals surface area contributed by atoms with Crippen molar-refractivity contribution in [2.24, 2.45) is 4.99 Å². The van der Waals surface area contributed by atoms with Gasteiger partial charge in [-0.2, -0.15) is 0 Å². The molecule has 0 spiro atoms. The third-order valence-corrected chi connectivity index (χ3v) is 4.19. The van der Waals surface area contributed by atoms with E-state index in [0.717, 1.165) is 43.2 Å². The molecule has 1 aliphatic heterocycles. The fourth-order valence-electron chi connectivity index (χ4n) is 2.88. The molecule has 0 radical (unpaired) electrons. The number of nitrogens with one attached hydrogen (secondary N) is 3. The van der Waals surface area contributed by atoms with Crippen molar-refractivity contribution in [1.82, 2.24) is 15.6 Å². The lowest BCUT2D eigenvalue weighted by atomic mass is 10.0. The summed E-state index contributed by atoms with van der Waals surface area (Å²) in [5, 5.41) is 7.93. The Balaban J connectivity index is 1.54. The van der Waals surface area contributed by atoms with Crippen LogP contribution >= 0.6 is 0 Å². The average molecular weight is 300 g/mol. The predicted octanol–water partition coefficient (Wildman–Crippen LogP) is 2.40. The van der Waals surface area contributed by atoms with Gasteiger partial charge in [-0.1, -0.05) is 18.2 Å². The second-order valence-electron chi connectivity index (χ2n) is 6.06. The number of aromatic nitrogens is 1. The molecule has 1 fully saturated rings. The summed E-state index contributed by atoms with van der Waals surface area (Å²) in [6.45, 7) is 4.50. The van der Waals surface area contributed by atoms with Gasteiger partial charge in [0.05, 0.1) is 12.1 Å². The van der Waals surface area contributed by atoms with E-state index < -0.39 is 0 Å². The quantitative estimate of drug-likeness (QED) is 0.600. The summed E-state index contributed by atoms with van der Waals surface area (Å²) >= 11 is 0. The number of fused-ring (bicyclic) bond motifs is 1. The van der Waals surface area contributed by atoms with Crippen molar-refractivity contribution in [2.45, 2.75) is 31.9 Å². The van der Waals surface area contributed by atoms with E-state index in [-0.39, 0.29) is 5.60 Å². The summed E-state index contributed by atoms with van der Waals surface area (Å²) in [4.78, 5) is 7.68. The topological polar surface area (TPSA) is 61.4 Å². The second-order valence-corrected chi connectivity index (χ2v) is 6.06. The molecule has 22 heavy (non-hydrogen) atoms. The second kappa shape index (κ2) is 6.40. The van der Waals surface area contributed by atoms with Gasteiger partial charge in [-0.15, -0.1) is 0 Å². The van der Waals surface area contributed by atoms with Gasteiger partial charge < -0.3 is 20.4 Å². The van der Waals surface area contributed by atoms with E-state index in [2.05, 4.69) is 51.8 Å². The first-order valence-corrected chi connectivity index (χ1v) is 7.84. The number of rotatable bonds is 4. The van der Waals surface area contributed by atoms with Gasteiger partial charge in [0.25, 0.3) is 0 Å². The van der Waals surface area contributed by atoms with Crippen LogP contribution in [0.4, 0.5) is 0 Å². The minimum absolute atomic E-state index is 0.0707. The fraction of sp³-hybridized carbons (Fsp3) is 0.471. The molecule has 1 aromatic carbocycles. The van der Waals surface area contributed by atoms with E-state index in [9.17, 15) is 0 Å². The maximum absolute atomic E-state index is 5.79. The minimum Gasteiger partial charge on any atom is -0.373 e. The molecule has 1 saturated heterocycles. The van der Waals surface area contributed by atoms with E-state index in [1.54, 1.807) is 7.05 Å². The Morgan fingerprint density at radius 1 is 1.36 bits per heavy atom. The number of hydrogen-bond donors (Lipinski definition) is 3. The van der Waals surface area contributed by atoms with Crippen LogP contribution in [0, 0.1) is 0 Å². The Labute approximate surface area is 131 Å². The molecule has 1 aliphatic rings. The van der Waals surface area contributed by atoms with Crippen molar-refractivity contribution in [1.29, 1.82) is 0 Å². The summed E-state index contributed by atoms with van der Waals surface area (Å²) in [7, 11) is 1.79. The minimum atomic E-state index is -0.0707. The highest BCUT2D eigenvalue weighted by molar-refractivity contribution is 5.81. The van der Waals surface area contributed by atoms with Crippen LogP contribution in [0.25, 0.3) is 10.9 Å². The van der Waals surface area contributed by atoms with Crippen LogP contribution in [0.5, 0.6) is 0 Å². The lowest BCUT2D eigenvalue weighted by molar-refractivity contribution is 0.0243. The maximum Gasteiger partial charge on any atom is 0.191 e. The Kier molecular flexibility index (Phi) is 4.34. The van der Waals surface area contributed by atoms with Crippen molar-refractivity contribution < 1.29 is 4.74 Å². The zero-order valence-corrected chi connectivity index (χ0v) is 13.3. The van der Waals surface area contributed by atoms with Crippen LogP contribution in [0.1, 0.15) is 25.5 Å². The van der Waals surface area contributed by atoms with Gasteiger partial charge in [0.1, 0.15) is 0 Å². The van der Waals surface area contributed by atoms with Crippen LogP contribution in [0.3, 0.4) is 0 Å². The Morgan fingerprint density at radius 2 is 2.23 bits per heavy atom. The number of para-hydroxylation sites is 1. The largest absolute Gasteiger partial charge is 0.373 e. The molecule has 5 nitrogen and oxygen atoms in total. The summed E-state index contributed by atoms with van der Waals surface area (Å²) in [6.07, 6.45) is 2.23. The van der Waals surface area contributed by atoms with Crippen molar-refractivity contribution >= 4 is 16.9 Å². The van der Waals surface area contributed by atoms with E-state index in [0.29, 0.717) is 6.54 Å². The van der Waals surface area contributed by atoms with Gasteiger partial charge in [0.15, 0.2) is 5.96 Å². The highest BCUT2D eigenvalue weighted by Crippen LogP contribution is 2.23. The number of H-pyrrole nitrogens is 1. The molecule has 1 unspecified atom stereocenters. The first kappa shape index (κ1) is 14.9. The molecular formula is C17H24N4O. The zero-order valence-electron chi connectivity index (χ0n) is 13.3. The fourth-order valence-corrected chi connectivity index (χ4v) is 2.88. The molecule has 2 aromatic rings. The number of aromatic amines is 1. The zero-order chi connectivity index (χ0) is 15.4. The van der Waals surface area contributed by atoms with Crippen molar-refractivity contribution in [2.75, 3.05) is 20.2 Å². The Morgan fingerprint density at radius 3 is 2.95 bits per heavy atom. The Hall–Kier alpha value is -2.01. The number of ether oxygens (including phenoxy) is 1. The van der Waals surface area contributed by atoms with Crippen LogP contribution in [-0.2, 0) is 11.3 Å². The third kappa shape index (κ3) is 3.42. The molecule has 2 heterocycles. The molecule has 5 heteroatoms. The first-order chi connectivity index (χ1) is 10.7. The Bertz CT molecular complexity index is 622. The molecule has 1 atom stereocenters. The number of nitrogens with zero attached hydrogens (tertiary/aromatic N) is 1. The number of aliphatic imine (C=N–C) groups is 1. The third-order valence-electron chi connectivity index (χ3n) is 4.19. The lowest BCUT2D eigenvalue weighted by Crippen LogP contribution is -2.45. The van der Waals surface area contributed by atoms with Crippen molar-refractivity contribution in [3.05, 3.63) is 36.0 Å². The standard InChI is InChI=1S/C17H24N4O/c1-17(8-5-9-22-17)12-20-16(18-2)19-11-14-10-13-6-3-4-7-15(13)21-14/h3-4,6-7,10,21H,5,8-9,11-12H2,1-2H3,(H2,18,19,20). The van der Waals surface area contributed by atoms with Gasteiger partial charge in [0.2, 0.25) is 0 Å². The van der Waals surface area contributed by atoms with E-state index in [1.165, 1.54) is 5.39 Å². The molecular weight excluding hydrogens is 276 g/mol. The summed E-state index contributed by atoms with van der Waals surface area (Å²) in [5.74, 6) is 0.801. The molecule has 118 valence electrons. The number of hydrogen-bond acceptors (Lipinski definition) is 2. The van der Waals surface area contributed by atoms with E-state index in [1.807, 2.05) is 6.07 Å². The van der Waals surface area contributed by atoms with Crippen molar-refractivity contribution in [3.63, 3.8) is 0 Å². The molecule has 0 bridgehead atoms. The smallest absolute Gasteiger partial charge is 0.191 e. The molecule has 3 rings (SSSR count). The molecule has 0 saturated carbocycles. The summed E-state index contributed by atoms with van der Waals surface area (Å²) in [5.41, 5.74) is 2.24. The lowest BCUT2D eigenvalue weighted by Gasteiger charge is -2.24. The molecule has 0 aliphatic carbocycles. The predicted molar refractivity (Wildman–Crippen MR) is 90.1 cm³/mol. The molecule has 1 aromatic heterocycles. The van der Waals surface area contributed by atoms with Crippen LogP contribution in [0.15, 0.2) is 35.3 Å². The van der Waals surface area contributed by atoms with Crippen LogP contribution in [0.2, 0.25) is 0 Å². The van der Waals surface area contributed by atoms with E-state index in [4.69, 9.17) is 4.74 Å². The summed E-state index contributed by atoms with van der Waals surface area (Å²) in [6, 6.07) is 10.5. The van der Waals surface area contributed by atoms with Gasteiger partial charge in [-0.05, 0) is 37.3 Å². The van der Waals surface area contributed by atoms with Crippen molar-refractivity contribution in [3.8, 4) is 0 Å². The van der Waals surface area contributed by atoms with Crippen LogP contribution in [-0.4, -0.2) is 36.7 Å². The maximum atomic E-state index is 5.79. The first-order valence-electron chi connectivity index (χ1n) is 7.84. The normalized spacial score (nSPS) is 22.2. The van der Waals surface area contributed by atoms with Gasteiger partial charge in [0, 0.05) is 31.4 Å². The van der Waals surface area contributed by atoms with E-state index >= 15 is 0 Å². The number of guanidine groups is 1. The highest BCUT2D eigenvalue weighted by atomic mass is 16.5. The van der Waals surface area contributed by atoms with Gasteiger partial charge in [-0.25, -0.2) is 0 Å². The average Bonchev–Trinajstić information content (AvgIpc) is 3.13. The van der Waals surface area contributed by atoms with Crippen LogP contribution < -0.4 is 10.6 Å². The van der Waals surface area contributed by atoms with Gasteiger partial charge >= 0.3 is 0 Å². The monoisotopic (exact) mass is 300 g/mol.